The van der Waals surface area contributed by atoms with Crippen LogP contribution in [-0.4, -0.2) is 25.5 Å². The highest BCUT2D eigenvalue weighted by Gasteiger charge is 2.10. The molecular weight excluding hydrogens is 286 g/mol. The van der Waals surface area contributed by atoms with Gasteiger partial charge in [-0.15, -0.1) is 0 Å². The molecule has 0 aliphatic carbocycles. The van der Waals surface area contributed by atoms with Crippen LogP contribution in [0.5, 0.6) is 5.75 Å². The maximum Gasteiger partial charge on any atom is 0.193 e. The quantitative estimate of drug-likeness (QED) is 0.749. The molecule has 0 aromatic heterocycles. The van der Waals surface area contributed by atoms with E-state index in [1.165, 1.54) is 0 Å². The molecule has 0 radical (unpaired) electrons. The molecule has 0 amide bonds. The third kappa shape index (κ3) is 4.93. The Morgan fingerprint density at radius 3 is 2.13 bits per heavy atom. The van der Waals surface area contributed by atoms with E-state index >= 15 is 0 Å². The summed E-state index contributed by atoms with van der Waals surface area (Å²) in [6.07, 6.45) is 2.21. The van der Waals surface area contributed by atoms with Gasteiger partial charge in [0.15, 0.2) is 5.78 Å². The summed E-state index contributed by atoms with van der Waals surface area (Å²) >= 11 is 0. The van der Waals surface area contributed by atoms with Gasteiger partial charge < -0.3 is 10.1 Å². The van der Waals surface area contributed by atoms with E-state index in [9.17, 15) is 4.79 Å². The van der Waals surface area contributed by atoms with E-state index in [-0.39, 0.29) is 5.78 Å². The molecule has 0 aliphatic rings. The van der Waals surface area contributed by atoms with Crippen molar-refractivity contribution in [3.8, 4) is 5.75 Å². The third-order valence-electron chi connectivity index (χ3n) is 3.93. The van der Waals surface area contributed by atoms with Crippen LogP contribution in [-0.2, 0) is 0 Å². The number of hydrogen-bond acceptors (Lipinski definition) is 3. The Bertz CT molecular complexity index is 617. The van der Waals surface area contributed by atoms with Gasteiger partial charge in [0.05, 0.1) is 0 Å². The Morgan fingerprint density at radius 1 is 1.04 bits per heavy atom. The molecule has 2 aromatic rings. The molecule has 122 valence electrons. The molecular formula is C20H25NO2. The van der Waals surface area contributed by atoms with Gasteiger partial charge in [0.1, 0.15) is 12.4 Å². The summed E-state index contributed by atoms with van der Waals surface area (Å²) in [5, 5.41) is 3.25. The number of ketones is 1. The van der Waals surface area contributed by atoms with Gasteiger partial charge >= 0.3 is 0 Å². The number of rotatable bonds is 8. The van der Waals surface area contributed by atoms with Crippen molar-refractivity contribution in [3.05, 3.63) is 65.2 Å². The van der Waals surface area contributed by atoms with Crippen LogP contribution in [0.15, 0.2) is 48.5 Å². The average molecular weight is 311 g/mol. The maximum atomic E-state index is 12.4. The highest BCUT2D eigenvalue weighted by atomic mass is 16.5. The van der Waals surface area contributed by atoms with Crippen LogP contribution in [0.3, 0.4) is 0 Å². The average Bonchev–Trinajstić information content (AvgIpc) is 2.59. The summed E-state index contributed by atoms with van der Waals surface area (Å²) in [5.41, 5.74) is 2.54. The minimum absolute atomic E-state index is 0.0376. The molecule has 1 unspecified atom stereocenters. The predicted molar refractivity (Wildman–Crippen MR) is 94.3 cm³/mol. The summed E-state index contributed by atoms with van der Waals surface area (Å²) in [6, 6.07) is 15.4. The number of carbonyl (C=O) groups is 1. The molecule has 0 aliphatic heterocycles. The fraction of sp³-hybridized carbons (Fsp3) is 0.350. The summed E-state index contributed by atoms with van der Waals surface area (Å²) in [5.74, 6) is 0.831. The molecule has 0 spiro atoms. The summed E-state index contributed by atoms with van der Waals surface area (Å²) < 4.78 is 5.79. The number of hydrogen-bond donors (Lipinski definition) is 1. The van der Waals surface area contributed by atoms with E-state index in [0.29, 0.717) is 23.8 Å². The lowest BCUT2D eigenvalue weighted by Gasteiger charge is -2.16. The van der Waals surface area contributed by atoms with Crippen molar-refractivity contribution in [3.63, 3.8) is 0 Å². The van der Waals surface area contributed by atoms with Gasteiger partial charge in [-0.25, -0.2) is 0 Å². The number of carbonyl (C=O) groups excluding carboxylic acids is 1. The molecule has 0 saturated heterocycles. The zero-order valence-electron chi connectivity index (χ0n) is 14.1. The van der Waals surface area contributed by atoms with Gasteiger partial charge in [0, 0.05) is 17.2 Å². The highest BCUT2D eigenvalue weighted by molar-refractivity contribution is 6.09. The molecule has 0 saturated carbocycles. The Balaban J connectivity index is 1.98. The molecule has 3 heteroatoms. The molecule has 2 aromatic carbocycles. The number of benzene rings is 2. The Kier molecular flexibility index (Phi) is 6.36. The Labute approximate surface area is 138 Å². The van der Waals surface area contributed by atoms with Crippen molar-refractivity contribution in [1.29, 1.82) is 0 Å². The molecule has 23 heavy (non-hydrogen) atoms. The van der Waals surface area contributed by atoms with Crippen molar-refractivity contribution in [2.45, 2.75) is 32.7 Å². The van der Waals surface area contributed by atoms with E-state index in [0.717, 1.165) is 24.2 Å². The molecule has 1 N–H and O–H groups in total. The first kappa shape index (κ1) is 17.2. The molecule has 2 rings (SSSR count). The fourth-order valence-corrected chi connectivity index (χ4v) is 2.43. The Morgan fingerprint density at radius 2 is 1.61 bits per heavy atom. The zero-order valence-corrected chi connectivity index (χ0v) is 14.1. The van der Waals surface area contributed by atoms with Crippen LogP contribution in [0.4, 0.5) is 0 Å². The standard InChI is InChI=1S/C20H25NO2/c1-4-5-18(21-3)14-23-19-12-10-17(11-13-19)20(22)16-8-6-15(2)7-9-16/h6-13,18,21H,4-5,14H2,1-3H3. The van der Waals surface area contributed by atoms with E-state index in [1.807, 2.05) is 62.5 Å². The van der Waals surface area contributed by atoms with Crippen LogP contribution in [0.1, 0.15) is 41.3 Å². The minimum atomic E-state index is 0.0376. The van der Waals surface area contributed by atoms with Gasteiger partial charge in [-0.3, -0.25) is 4.79 Å². The molecule has 0 heterocycles. The third-order valence-corrected chi connectivity index (χ3v) is 3.93. The summed E-state index contributed by atoms with van der Waals surface area (Å²) in [4.78, 5) is 12.4. The number of aryl methyl sites for hydroxylation is 1. The molecule has 1 atom stereocenters. The second kappa shape index (κ2) is 8.49. The molecule has 0 bridgehead atoms. The van der Waals surface area contributed by atoms with Crippen molar-refractivity contribution in [2.75, 3.05) is 13.7 Å². The van der Waals surface area contributed by atoms with Crippen molar-refractivity contribution in [1.82, 2.24) is 5.32 Å². The maximum absolute atomic E-state index is 12.4. The van der Waals surface area contributed by atoms with Crippen molar-refractivity contribution in [2.24, 2.45) is 0 Å². The van der Waals surface area contributed by atoms with Gasteiger partial charge in [0.25, 0.3) is 0 Å². The van der Waals surface area contributed by atoms with Crippen LogP contribution >= 0.6 is 0 Å². The van der Waals surface area contributed by atoms with Crippen LogP contribution in [0, 0.1) is 6.92 Å². The first-order valence-corrected chi connectivity index (χ1v) is 8.15. The lowest BCUT2D eigenvalue weighted by atomic mass is 10.0. The van der Waals surface area contributed by atoms with Crippen LogP contribution < -0.4 is 10.1 Å². The SMILES string of the molecule is CCCC(COc1ccc(C(=O)c2ccc(C)cc2)cc1)NC. The summed E-state index contributed by atoms with van der Waals surface area (Å²) in [6.45, 7) is 4.81. The number of ether oxygens (including phenoxy) is 1. The highest BCUT2D eigenvalue weighted by Crippen LogP contribution is 2.16. The summed E-state index contributed by atoms with van der Waals surface area (Å²) in [7, 11) is 1.95. The number of nitrogens with one attached hydrogen (secondary N) is 1. The lowest BCUT2D eigenvalue weighted by Crippen LogP contribution is -2.31. The van der Waals surface area contributed by atoms with Gasteiger partial charge in [-0.1, -0.05) is 43.2 Å². The smallest absolute Gasteiger partial charge is 0.193 e. The normalized spacial score (nSPS) is 12.0. The fourth-order valence-electron chi connectivity index (χ4n) is 2.43. The zero-order chi connectivity index (χ0) is 16.7. The van der Waals surface area contributed by atoms with Gasteiger partial charge in [0.2, 0.25) is 0 Å². The van der Waals surface area contributed by atoms with E-state index in [4.69, 9.17) is 4.74 Å². The first-order valence-electron chi connectivity index (χ1n) is 8.15. The molecule has 0 fully saturated rings. The van der Waals surface area contributed by atoms with Crippen LogP contribution in [0.25, 0.3) is 0 Å². The number of likely N-dealkylation sites (N-methyl/N-ethyl adjacent to an activating group) is 1. The van der Waals surface area contributed by atoms with Gasteiger partial charge in [-0.05, 0) is 44.7 Å². The second-order valence-electron chi connectivity index (χ2n) is 5.80. The van der Waals surface area contributed by atoms with E-state index in [2.05, 4.69) is 12.2 Å². The van der Waals surface area contributed by atoms with Crippen molar-refractivity contribution < 1.29 is 9.53 Å². The first-order chi connectivity index (χ1) is 11.1. The predicted octanol–water partition coefficient (Wildman–Crippen LogP) is 3.99. The topological polar surface area (TPSA) is 38.3 Å². The lowest BCUT2D eigenvalue weighted by molar-refractivity contribution is 0.103. The largest absolute Gasteiger partial charge is 0.492 e. The molecule has 3 nitrogen and oxygen atoms in total. The monoisotopic (exact) mass is 311 g/mol. The Hall–Kier alpha value is -2.13. The van der Waals surface area contributed by atoms with Crippen molar-refractivity contribution >= 4 is 5.78 Å². The van der Waals surface area contributed by atoms with Crippen LogP contribution in [0.2, 0.25) is 0 Å². The van der Waals surface area contributed by atoms with E-state index in [1.54, 1.807) is 0 Å². The minimum Gasteiger partial charge on any atom is -0.492 e. The van der Waals surface area contributed by atoms with E-state index < -0.39 is 0 Å². The second-order valence-corrected chi connectivity index (χ2v) is 5.80. The van der Waals surface area contributed by atoms with Gasteiger partial charge in [-0.2, -0.15) is 0 Å².